The molecule has 7 rings (SSSR count). The van der Waals surface area contributed by atoms with Crippen LogP contribution in [-0.2, 0) is 25.7 Å². The second-order valence-corrected chi connectivity index (χ2v) is 11.6. The van der Waals surface area contributed by atoms with E-state index in [1.807, 2.05) is 30.3 Å². The topological polar surface area (TPSA) is 86.8 Å². The van der Waals surface area contributed by atoms with Gasteiger partial charge < -0.3 is 10.2 Å². The highest BCUT2D eigenvalue weighted by molar-refractivity contribution is 6.23. The first-order valence-corrected chi connectivity index (χ1v) is 13.4. The Balaban J connectivity index is 1.30. The van der Waals surface area contributed by atoms with Crippen molar-refractivity contribution in [1.29, 1.82) is 0 Å². The van der Waals surface area contributed by atoms with E-state index in [-0.39, 0.29) is 30.0 Å². The van der Waals surface area contributed by atoms with Gasteiger partial charge in [0.15, 0.2) is 0 Å². The first-order valence-electron chi connectivity index (χ1n) is 13.4. The number of rotatable bonds is 6. The molecule has 2 aromatic carbocycles. The number of carbonyl (C=O) groups is 4. The molecule has 4 bridgehead atoms. The van der Waals surface area contributed by atoms with Gasteiger partial charge in [0.05, 0.1) is 17.5 Å². The average molecular weight is 500 g/mol. The molecule has 0 aromatic heterocycles. The summed E-state index contributed by atoms with van der Waals surface area (Å²) >= 11 is 0. The molecule has 5 fully saturated rings. The SMILES string of the molecule is CC(=O)Nc1ccc(N2C(=O)CC(N(Cc3ccccc3)C(=O)C34CC5CC(CC(C5)C3)C4)C2=O)cc1. The molecule has 7 nitrogen and oxygen atoms in total. The lowest BCUT2D eigenvalue weighted by atomic mass is 9.49. The van der Waals surface area contributed by atoms with Crippen LogP contribution in [0, 0.1) is 23.2 Å². The third-order valence-electron chi connectivity index (χ3n) is 8.89. The molecule has 1 aliphatic heterocycles. The number of hydrogen-bond acceptors (Lipinski definition) is 4. The fraction of sp³-hybridized carbons (Fsp3) is 0.467. The van der Waals surface area contributed by atoms with Gasteiger partial charge >= 0.3 is 0 Å². The molecule has 1 saturated heterocycles. The molecule has 4 amide bonds. The lowest BCUT2D eigenvalue weighted by molar-refractivity contribution is -0.162. The Morgan fingerprint density at radius 2 is 1.51 bits per heavy atom. The van der Waals surface area contributed by atoms with Gasteiger partial charge in [0.25, 0.3) is 5.91 Å². The summed E-state index contributed by atoms with van der Waals surface area (Å²) in [5.74, 6) is 1.02. The van der Waals surface area contributed by atoms with Crippen LogP contribution in [0.5, 0.6) is 0 Å². The van der Waals surface area contributed by atoms with Gasteiger partial charge in [-0.15, -0.1) is 0 Å². The predicted octanol–water partition coefficient (Wildman–Crippen LogP) is 4.52. The predicted molar refractivity (Wildman–Crippen MR) is 139 cm³/mol. The van der Waals surface area contributed by atoms with Crippen LogP contribution < -0.4 is 10.2 Å². The molecule has 4 aliphatic carbocycles. The van der Waals surface area contributed by atoms with Gasteiger partial charge in [-0.2, -0.15) is 0 Å². The minimum Gasteiger partial charge on any atom is -0.326 e. The summed E-state index contributed by atoms with van der Waals surface area (Å²) in [7, 11) is 0. The molecule has 37 heavy (non-hydrogen) atoms. The van der Waals surface area contributed by atoms with Crippen molar-refractivity contribution in [2.75, 3.05) is 10.2 Å². The van der Waals surface area contributed by atoms with Gasteiger partial charge in [0.1, 0.15) is 6.04 Å². The van der Waals surface area contributed by atoms with Crippen LogP contribution in [0.25, 0.3) is 0 Å². The van der Waals surface area contributed by atoms with E-state index in [2.05, 4.69) is 5.32 Å². The normalized spacial score (nSPS) is 30.0. The van der Waals surface area contributed by atoms with Crippen molar-refractivity contribution in [1.82, 2.24) is 4.90 Å². The van der Waals surface area contributed by atoms with Crippen molar-refractivity contribution in [3.63, 3.8) is 0 Å². The zero-order chi connectivity index (χ0) is 25.7. The molecule has 192 valence electrons. The first kappa shape index (κ1) is 23.9. The van der Waals surface area contributed by atoms with Crippen molar-refractivity contribution in [3.05, 3.63) is 60.2 Å². The molecule has 1 heterocycles. The Kier molecular flexibility index (Phi) is 5.89. The van der Waals surface area contributed by atoms with E-state index in [0.717, 1.165) is 24.8 Å². The van der Waals surface area contributed by atoms with E-state index in [4.69, 9.17) is 0 Å². The largest absolute Gasteiger partial charge is 0.326 e. The summed E-state index contributed by atoms with van der Waals surface area (Å²) in [4.78, 5) is 55.7. The quantitative estimate of drug-likeness (QED) is 0.592. The molecule has 0 radical (unpaired) electrons. The van der Waals surface area contributed by atoms with Gasteiger partial charge in [0.2, 0.25) is 17.7 Å². The van der Waals surface area contributed by atoms with Crippen LogP contribution >= 0.6 is 0 Å². The lowest BCUT2D eigenvalue weighted by Crippen LogP contribution is -2.57. The number of benzene rings is 2. The van der Waals surface area contributed by atoms with Gasteiger partial charge in [-0.3, -0.25) is 19.2 Å². The Morgan fingerprint density at radius 3 is 2.08 bits per heavy atom. The summed E-state index contributed by atoms with van der Waals surface area (Å²) < 4.78 is 0. The van der Waals surface area contributed by atoms with E-state index < -0.39 is 11.5 Å². The zero-order valence-electron chi connectivity index (χ0n) is 21.2. The smallest absolute Gasteiger partial charge is 0.257 e. The maximum atomic E-state index is 14.4. The van der Waals surface area contributed by atoms with Crippen LogP contribution in [0.3, 0.4) is 0 Å². The molecule has 1 N–H and O–H groups in total. The van der Waals surface area contributed by atoms with Crippen LogP contribution in [-0.4, -0.2) is 34.6 Å². The minimum absolute atomic E-state index is 0.0166. The van der Waals surface area contributed by atoms with E-state index in [9.17, 15) is 19.2 Å². The van der Waals surface area contributed by atoms with Crippen molar-refractivity contribution < 1.29 is 19.2 Å². The summed E-state index contributed by atoms with van der Waals surface area (Å²) in [6, 6.07) is 15.6. The van der Waals surface area contributed by atoms with E-state index in [1.54, 1.807) is 29.2 Å². The number of anilines is 2. The summed E-state index contributed by atoms with van der Waals surface area (Å²) in [5, 5.41) is 2.70. The highest BCUT2D eigenvalue weighted by Gasteiger charge is 2.57. The van der Waals surface area contributed by atoms with Gasteiger partial charge in [-0.1, -0.05) is 30.3 Å². The monoisotopic (exact) mass is 499 g/mol. The van der Waals surface area contributed by atoms with Crippen molar-refractivity contribution in [2.24, 2.45) is 23.2 Å². The van der Waals surface area contributed by atoms with Gasteiger partial charge in [0, 0.05) is 19.2 Å². The summed E-state index contributed by atoms with van der Waals surface area (Å²) in [6.45, 7) is 1.74. The fourth-order valence-electron chi connectivity index (χ4n) is 7.81. The number of nitrogens with zero attached hydrogens (tertiary/aromatic N) is 2. The molecular formula is C30H33N3O4. The second kappa shape index (κ2) is 9.12. The van der Waals surface area contributed by atoms with E-state index in [0.29, 0.717) is 35.7 Å². The standard InChI is InChI=1S/C30H33N3O4/c1-19(34)31-24-7-9-25(10-8-24)33-27(35)14-26(28(33)36)32(18-20-5-3-2-4-6-20)29(37)30-15-21-11-22(16-30)13-23(12-21)17-30/h2-10,21-23,26H,11-18H2,1H3,(H,31,34). The fourth-order valence-corrected chi connectivity index (χ4v) is 7.81. The van der Waals surface area contributed by atoms with Crippen molar-refractivity contribution in [3.8, 4) is 0 Å². The maximum absolute atomic E-state index is 14.4. The number of imide groups is 1. The number of carbonyl (C=O) groups excluding carboxylic acids is 4. The van der Waals surface area contributed by atoms with Crippen LogP contribution in [0.4, 0.5) is 11.4 Å². The Hall–Kier alpha value is -3.48. The van der Waals surface area contributed by atoms with Crippen LogP contribution in [0.15, 0.2) is 54.6 Å². The zero-order valence-corrected chi connectivity index (χ0v) is 21.2. The molecule has 7 heteroatoms. The molecule has 5 aliphatic rings. The molecular weight excluding hydrogens is 466 g/mol. The molecule has 0 spiro atoms. The Labute approximate surface area is 217 Å². The highest BCUT2D eigenvalue weighted by atomic mass is 16.2. The van der Waals surface area contributed by atoms with Crippen LogP contribution in [0.1, 0.15) is 57.4 Å². The minimum atomic E-state index is -0.816. The average Bonchev–Trinajstić information content (AvgIpc) is 3.15. The van der Waals surface area contributed by atoms with Crippen molar-refractivity contribution in [2.45, 2.75) is 64.5 Å². The summed E-state index contributed by atoms with van der Waals surface area (Å²) in [5.41, 5.74) is 1.60. The molecule has 1 atom stereocenters. The molecule has 2 aromatic rings. The Bertz CT molecular complexity index is 1200. The second-order valence-electron chi connectivity index (χ2n) is 11.6. The van der Waals surface area contributed by atoms with Crippen LogP contribution in [0.2, 0.25) is 0 Å². The maximum Gasteiger partial charge on any atom is 0.257 e. The number of hydrogen-bond donors (Lipinski definition) is 1. The molecule has 4 saturated carbocycles. The highest BCUT2D eigenvalue weighted by Crippen LogP contribution is 2.60. The lowest BCUT2D eigenvalue weighted by Gasteiger charge is -2.57. The first-order chi connectivity index (χ1) is 17.8. The Morgan fingerprint density at radius 1 is 0.919 bits per heavy atom. The van der Waals surface area contributed by atoms with Gasteiger partial charge in [-0.05, 0) is 86.1 Å². The number of amides is 4. The molecule has 1 unspecified atom stereocenters. The number of nitrogens with one attached hydrogen (secondary N) is 1. The van der Waals surface area contributed by atoms with E-state index >= 15 is 0 Å². The van der Waals surface area contributed by atoms with Crippen molar-refractivity contribution >= 4 is 35.0 Å². The summed E-state index contributed by atoms with van der Waals surface area (Å²) in [6.07, 6.45) is 6.40. The van der Waals surface area contributed by atoms with Gasteiger partial charge in [-0.25, -0.2) is 4.90 Å². The van der Waals surface area contributed by atoms with E-state index in [1.165, 1.54) is 31.1 Å². The third kappa shape index (κ3) is 4.34. The third-order valence-corrected chi connectivity index (χ3v) is 8.89.